The monoisotopic (exact) mass is 338 g/mol. The predicted octanol–water partition coefficient (Wildman–Crippen LogP) is 5.67. The Morgan fingerprint density at radius 1 is 1.15 bits per heavy atom. The molecule has 1 aromatic rings. The van der Waals surface area contributed by atoms with Gasteiger partial charge in [0.2, 0.25) is 0 Å². The van der Waals surface area contributed by atoms with Crippen molar-refractivity contribution in [3.8, 4) is 0 Å². The van der Waals surface area contributed by atoms with E-state index in [1.807, 2.05) is 0 Å². The van der Waals surface area contributed by atoms with Gasteiger partial charge in [-0.05, 0) is 36.3 Å². The van der Waals surface area contributed by atoms with Crippen LogP contribution in [0.15, 0.2) is 24.3 Å². The lowest BCUT2D eigenvalue weighted by molar-refractivity contribution is 0.202. The minimum Gasteiger partial charge on any atom is -0.384 e. The van der Waals surface area contributed by atoms with E-state index in [4.69, 9.17) is 4.74 Å². The molecule has 1 unspecified atom stereocenters. The number of hydrogen-bond donors (Lipinski definition) is 0. The van der Waals surface area contributed by atoms with Crippen LogP contribution in [0.1, 0.15) is 60.9 Å². The van der Waals surface area contributed by atoms with E-state index in [9.17, 15) is 0 Å². The largest absolute Gasteiger partial charge is 0.384 e. The van der Waals surface area contributed by atoms with Gasteiger partial charge in [0.15, 0.2) is 0 Å². The lowest BCUT2D eigenvalue weighted by atomic mass is 9.85. The van der Waals surface area contributed by atoms with Gasteiger partial charge < -0.3 is 4.74 Å². The van der Waals surface area contributed by atoms with Gasteiger partial charge in [0.1, 0.15) is 0 Å². The van der Waals surface area contributed by atoms with E-state index in [0.717, 1.165) is 18.9 Å². The van der Waals surface area contributed by atoms with E-state index in [2.05, 4.69) is 40.2 Å². The molecular formula is C18H27BrO. The Morgan fingerprint density at radius 3 is 2.50 bits per heavy atom. The molecule has 0 saturated heterocycles. The third-order valence-corrected chi connectivity index (χ3v) is 5.48. The second-order valence-electron chi connectivity index (χ2n) is 6.03. The van der Waals surface area contributed by atoms with Crippen molar-refractivity contribution >= 4 is 15.9 Å². The Labute approximate surface area is 132 Å². The third-order valence-electron chi connectivity index (χ3n) is 4.49. The van der Waals surface area contributed by atoms with Gasteiger partial charge in [-0.25, -0.2) is 0 Å². The molecule has 20 heavy (non-hydrogen) atoms. The van der Waals surface area contributed by atoms with Crippen molar-refractivity contribution in [3.63, 3.8) is 0 Å². The fraction of sp³-hybridized carbons (Fsp3) is 0.667. The standard InChI is InChI=1S/C18H27BrO/c1-20-14-13-16-7-10-17(11-8-16)18(19)12-9-15-5-3-2-4-6-15/h7-8,10-11,15,18H,2-6,9,12-14H2,1H3. The average molecular weight is 339 g/mol. The molecule has 0 amide bonds. The number of hydrogen-bond acceptors (Lipinski definition) is 1. The molecule has 0 aliphatic heterocycles. The molecule has 1 aromatic carbocycles. The van der Waals surface area contributed by atoms with Gasteiger partial charge in [-0.15, -0.1) is 0 Å². The molecule has 1 nitrogen and oxygen atoms in total. The van der Waals surface area contributed by atoms with Gasteiger partial charge in [0, 0.05) is 11.9 Å². The summed E-state index contributed by atoms with van der Waals surface area (Å²) < 4.78 is 5.12. The van der Waals surface area contributed by atoms with Crippen LogP contribution in [0.2, 0.25) is 0 Å². The van der Waals surface area contributed by atoms with Crippen molar-refractivity contribution < 1.29 is 4.74 Å². The van der Waals surface area contributed by atoms with Gasteiger partial charge in [0.05, 0.1) is 6.61 Å². The molecule has 112 valence electrons. The van der Waals surface area contributed by atoms with Crippen LogP contribution >= 0.6 is 15.9 Å². The van der Waals surface area contributed by atoms with Crippen molar-refractivity contribution in [3.05, 3.63) is 35.4 Å². The van der Waals surface area contributed by atoms with Crippen LogP contribution in [0, 0.1) is 5.92 Å². The average Bonchev–Trinajstić information content (AvgIpc) is 2.52. The summed E-state index contributed by atoms with van der Waals surface area (Å²) in [6.07, 6.45) is 10.9. The zero-order chi connectivity index (χ0) is 14.2. The Hall–Kier alpha value is -0.340. The summed E-state index contributed by atoms with van der Waals surface area (Å²) in [7, 11) is 1.76. The molecule has 0 heterocycles. The minimum absolute atomic E-state index is 0.515. The number of rotatable bonds is 7. The first-order chi connectivity index (χ1) is 9.79. The van der Waals surface area contributed by atoms with Crippen LogP contribution in [0.25, 0.3) is 0 Å². The third kappa shape index (κ3) is 5.21. The van der Waals surface area contributed by atoms with Gasteiger partial charge >= 0.3 is 0 Å². The first-order valence-corrected chi connectivity index (χ1v) is 8.93. The predicted molar refractivity (Wildman–Crippen MR) is 89.5 cm³/mol. The molecule has 1 aliphatic rings. The highest BCUT2D eigenvalue weighted by Crippen LogP contribution is 2.34. The van der Waals surface area contributed by atoms with Gasteiger partial charge in [-0.3, -0.25) is 0 Å². The Bertz CT molecular complexity index is 368. The summed E-state index contributed by atoms with van der Waals surface area (Å²) in [5.41, 5.74) is 2.78. The molecule has 1 saturated carbocycles. The maximum atomic E-state index is 5.12. The van der Waals surface area contributed by atoms with Crippen LogP contribution in [0.3, 0.4) is 0 Å². The molecule has 0 spiro atoms. The zero-order valence-corrected chi connectivity index (χ0v) is 14.2. The highest BCUT2D eigenvalue weighted by molar-refractivity contribution is 9.09. The molecule has 2 rings (SSSR count). The van der Waals surface area contributed by atoms with Crippen molar-refractivity contribution in [1.82, 2.24) is 0 Å². The van der Waals surface area contributed by atoms with Crippen LogP contribution in [-0.2, 0) is 11.2 Å². The quantitative estimate of drug-likeness (QED) is 0.581. The molecule has 1 aliphatic carbocycles. The van der Waals surface area contributed by atoms with Gasteiger partial charge in [-0.2, -0.15) is 0 Å². The molecule has 0 radical (unpaired) electrons. The maximum Gasteiger partial charge on any atom is 0.0502 e. The van der Waals surface area contributed by atoms with Crippen LogP contribution in [0.4, 0.5) is 0 Å². The number of methoxy groups -OCH3 is 1. The van der Waals surface area contributed by atoms with Gasteiger partial charge in [-0.1, -0.05) is 72.3 Å². The molecule has 2 heteroatoms. The maximum absolute atomic E-state index is 5.12. The molecule has 0 bridgehead atoms. The number of halogens is 1. The number of alkyl halides is 1. The lowest BCUT2D eigenvalue weighted by Crippen LogP contribution is -2.07. The first kappa shape index (κ1) is 16.0. The van der Waals surface area contributed by atoms with Crippen molar-refractivity contribution in [2.75, 3.05) is 13.7 Å². The Balaban J connectivity index is 1.77. The molecule has 0 N–H and O–H groups in total. The summed E-state index contributed by atoms with van der Waals surface area (Å²) in [4.78, 5) is 0.515. The molecule has 0 aromatic heterocycles. The highest BCUT2D eigenvalue weighted by atomic mass is 79.9. The number of ether oxygens (including phenoxy) is 1. The fourth-order valence-electron chi connectivity index (χ4n) is 3.14. The van der Waals surface area contributed by atoms with Crippen LogP contribution < -0.4 is 0 Å². The summed E-state index contributed by atoms with van der Waals surface area (Å²) in [5.74, 6) is 0.977. The second-order valence-corrected chi connectivity index (χ2v) is 7.14. The van der Waals surface area contributed by atoms with E-state index in [1.54, 1.807) is 7.11 Å². The topological polar surface area (TPSA) is 9.23 Å². The summed E-state index contributed by atoms with van der Waals surface area (Å²) in [6, 6.07) is 9.02. The fourth-order valence-corrected chi connectivity index (χ4v) is 3.71. The molecule has 1 atom stereocenters. The SMILES string of the molecule is COCCc1ccc(C(Br)CCC2CCCCC2)cc1. The smallest absolute Gasteiger partial charge is 0.0502 e. The molecular weight excluding hydrogens is 312 g/mol. The second kappa shape index (κ2) is 8.84. The van der Waals surface area contributed by atoms with Crippen LogP contribution in [0.5, 0.6) is 0 Å². The minimum atomic E-state index is 0.515. The number of benzene rings is 1. The normalized spacial score (nSPS) is 18.1. The zero-order valence-electron chi connectivity index (χ0n) is 12.6. The summed E-state index contributed by atoms with van der Waals surface area (Å²) in [6.45, 7) is 0.804. The van der Waals surface area contributed by atoms with Crippen molar-refractivity contribution in [2.45, 2.75) is 56.2 Å². The lowest BCUT2D eigenvalue weighted by Gasteiger charge is -2.22. The summed E-state index contributed by atoms with van der Waals surface area (Å²) in [5, 5.41) is 0. The van der Waals surface area contributed by atoms with E-state index < -0.39 is 0 Å². The van der Waals surface area contributed by atoms with Crippen LogP contribution in [-0.4, -0.2) is 13.7 Å². The van der Waals surface area contributed by atoms with Gasteiger partial charge in [0.25, 0.3) is 0 Å². The molecule has 1 fully saturated rings. The van der Waals surface area contributed by atoms with E-state index in [1.165, 1.54) is 56.1 Å². The Kier molecular flexibility index (Phi) is 7.09. The Morgan fingerprint density at radius 2 is 1.85 bits per heavy atom. The summed E-state index contributed by atoms with van der Waals surface area (Å²) >= 11 is 3.87. The van der Waals surface area contributed by atoms with E-state index in [-0.39, 0.29) is 0 Å². The first-order valence-electron chi connectivity index (χ1n) is 8.01. The van der Waals surface area contributed by atoms with E-state index >= 15 is 0 Å². The van der Waals surface area contributed by atoms with Crippen molar-refractivity contribution in [2.24, 2.45) is 5.92 Å². The van der Waals surface area contributed by atoms with Crippen molar-refractivity contribution in [1.29, 1.82) is 0 Å². The highest BCUT2D eigenvalue weighted by Gasteiger charge is 2.15. The van der Waals surface area contributed by atoms with E-state index in [0.29, 0.717) is 4.83 Å².